The van der Waals surface area contributed by atoms with Gasteiger partial charge in [0.2, 0.25) is 0 Å². The van der Waals surface area contributed by atoms with Crippen LogP contribution in [-0.4, -0.2) is 15.2 Å². The molecule has 0 aliphatic heterocycles. The molecule has 2 aromatic heterocycles. The molecule has 10 heavy (non-hydrogen) atoms. The van der Waals surface area contributed by atoms with E-state index in [4.69, 9.17) is 0 Å². The van der Waals surface area contributed by atoms with Crippen molar-refractivity contribution in [2.45, 2.75) is 0 Å². The summed E-state index contributed by atoms with van der Waals surface area (Å²) in [7, 11) is 0. The first-order valence-corrected chi connectivity index (χ1v) is 2.63. The Hall–Kier alpha value is -0.718. The Morgan fingerprint density at radius 1 is 1.50 bits per heavy atom. The minimum atomic E-state index is 0. The molecule has 3 nitrogen and oxygen atoms in total. The number of hydrogen-bond acceptors (Lipinski definition) is 2. The second-order valence-corrected chi connectivity index (χ2v) is 1.73. The summed E-state index contributed by atoms with van der Waals surface area (Å²) in [4.78, 5) is 3.99. The Morgan fingerprint density at radius 3 is 3.20 bits per heavy atom. The van der Waals surface area contributed by atoms with E-state index in [1.807, 2.05) is 12.1 Å². The maximum Gasteiger partial charge on any atom is 0.0412 e. The normalized spacial score (nSPS) is 9.20. The summed E-state index contributed by atoms with van der Waals surface area (Å²) in [6.45, 7) is 0. The van der Waals surface area contributed by atoms with E-state index in [-0.39, 0.29) is 20.4 Å². The molecule has 0 atom stereocenters. The molecule has 0 saturated carbocycles. The first-order valence-electron chi connectivity index (χ1n) is 2.63. The molecule has 0 saturated heterocycles. The van der Waals surface area contributed by atoms with Crippen LogP contribution in [0.4, 0.5) is 0 Å². The van der Waals surface area contributed by atoms with E-state index in [9.17, 15) is 0 Å². The third-order valence-corrected chi connectivity index (χ3v) is 1.15. The van der Waals surface area contributed by atoms with Crippen LogP contribution < -0.4 is 0 Å². The van der Waals surface area contributed by atoms with Gasteiger partial charge < -0.3 is 10.1 Å². The summed E-state index contributed by atoms with van der Waals surface area (Å²) >= 11 is 0. The maximum atomic E-state index is 3.99. The number of fused-ring (bicyclic) bond motifs is 1. The van der Waals surface area contributed by atoms with Gasteiger partial charge in [-0.1, -0.05) is 0 Å². The van der Waals surface area contributed by atoms with Gasteiger partial charge in [-0.3, -0.25) is 5.10 Å². The molecular weight excluding hydrogens is 300 g/mol. The SMILES string of the molecule is [Re].[c-]1n[nH]c2ncccc12. The number of pyridine rings is 1. The van der Waals surface area contributed by atoms with E-state index in [0.29, 0.717) is 0 Å². The number of rotatable bonds is 0. The molecule has 2 aromatic rings. The Morgan fingerprint density at radius 2 is 2.40 bits per heavy atom. The van der Waals surface area contributed by atoms with E-state index < -0.39 is 0 Å². The van der Waals surface area contributed by atoms with Crippen LogP contribution in [0.15, 0.2) is 18.3 Å². The molecule has 1 N–H and O–H groups in total. The molecule has 4 heteroatoms. The maximum absolute atomic E-state index is 3.99. The number of aromatic amines is 1. The van der Waals surface area contributed by atoms with Crippen LogP contribution in [0.5, 0.6) is 0 Å². The van der Waals surface area contributed by atoms with Crippen molar-refractivity contribution in [1.82, 2.24) is 15.2 Å². The first-order chi connectivity index (χ1) is 4.47. The molecule has 0 bridgehead atoms. The van der Waals surface area contributed by atoms with Crippen LogP contribution in [-0.2, 0) is 20.4 Å². The molecule has 0 amide bonds. The molecule has 0 aliphatic rings. The van der Waals surface area contributed by atoms with Crippen LogP contribution in [0.3, 0.4) is 0 Å². The Bertz CT molecular complexity index is 287. The average Bonchev–Trinajstić information content (AvgIpc) is 2.33. The first kappa shape index (κ1) is 7.39. The molecule has 51 valence electrons. The minimum Gasteiger partial charge on any atom is -0.327 e. The van der Waals surface area contributed by atoms with Gasteiger partial charge in [-0.15, -0.1) is 11.5 Å². The molecule has 0 unspecified atom stereocenters. The third-order valence-electron chi connectivity index (χ3n) is 1.15. The standard InChI is InChI=1S/C6H4N3.Re/c1-2-5-4-8-9-6(5)7-3-1;/h1-3H,(H,7,8,9);/q-1;. The topological polar surface area (TPSA) is 41.6 Å². The van der Waals surface area contributed by atoms with Gasteiger partial charge in [0.25, 0.3) is 0 Å². The zero-order valence-corrected chi connectivity index (χ0v) is 7.72. The number of nitrogens with zero attached hydrogens (tertiary/aromatic N) is 2. The van der Waals surface area contributed by atoms with Gasteiger partial charge in [0.15, 0.2) is 0 Å². The van der Waals surface area contributed by atoms with Crippen molar-refractivity contribution in [3.05, 3.63) is 24.5 Å². The minimum absolute atomic E-state index is 0. The van der Waals surface area contributed by atoms with Gasteiger partial charge in [-0.05, 0) is 6.20 Å². The van der Waals surface area contributed by atoms with Crippen molar-refractivity contribution in [1.29, 1.82) is 0 Å². The van der Waals surface area contributed by atoms with Crippen molar-refractivity contribution in [2.75, 3.05) is 0 Å². The predicted octanol–water partition coefficient (Wildman–Crippen LogP) is 0.756. The second-order valence-electron chi connectivity index (χ2n) is 1.73. The number of nitrogens with one attached hydrogen (secondary N) is 1. The number of aromatic nitrogens is 3. The van der Waals surface area contributed by atoms with E-state index in [1.165, 1.54) is 0 Å². The zero-order chi connectivity index (χ0) is 6.10. The van der Waals surface area contributed by atoms with E-state index in [0.717, 1.165) is 11.0 Å². The van der Waals surface area contributed by atoms with Gasteiger partial charge in [0.05, 0.1) is 0 Å². The van der Waals surface area contributed by atoms with Crippen molar-refractivity contribution in [2.24, 2.45) is 0 Å². The largest absolute Gasteiger partial charge is 0.327 e. The third kappa shape index (κ3) is 1.08. The fraction of sp³-hybridized carbons (Fsp3) is 0. The van der Waals surface area contributed by atoms with Crippen LogP contribution in [0.25, 0.3) is 11.0 Å². The second kappa shape index (κ2) is 2.91. The van der Waals surface area contributed by atoms with E-state index >= 15 is 0 Å². The summed E-state index contributed by atoms with van der Waals surface area (Å²) < 4.78 is 0. The summed E-state index contributed by atoms with van der Waals surface area (Å²) in [5, 5.41) is 7.32. The van der Waals surface area contributed by atoms with E-state index in [1.54, 1.807) is 6.20 Å². The quantitative estimate of drug-likeness (QED) is 0.730. The predicted molar refractivity (Wildman–Crippen MR) is 32.7 cm³/mol. The van der Waals surface area contributed by atoms with Crippen molar-refractivity contribution >= 4 is 11.0 Å². The fourth-order valence-corrected chi connectivity index (χ4v) is 0.726. The van der Waals surface area contributed by atoms with Gasteiger partial charge in [-0.2, -0.15) is 6.07 Å². The molecule has 0 spiro atoms. The number of H-pyrrole nitrogens is 1. The summed E-state index contributed by atoms with van der Waals surface area (Å²) in [6.07, 6.45) is 4.47. The van der Waals surface area contributed by atoms with Crippen molar-refractivity contribution in [3.8, 4) is 0 Å². The van der Waals surface area contributed by atoms with Gasteiger partial charge in [0.1, 0.15) is 0 Å². The van der Waals surface area contributed by atoms with Crippen molar-refractivity contribution < 1.29 is 20.4 Å². The molecule has 0 aliphatic carbocycles. The molecule has 2 heterocycles. The summed E-state index contributed by atoms with van der Waals surface area (Å²) in [5.74, 6) is 0. The molecule has 2 rings (SSSR count). The molecule has 0 fully saturated rings. The smallest absolute Gasteiger partial charge is 0.0412 e. The molecule has 0 aromatic carbocycles. The van der Waals surface area contributed by atoms with Crippen LogP contribution in [0.2, 0.25) is 0 Å². The summed E-state index contributed by atoms with van der Waals surface area (Å²) in [6, 6.07) is 3.76. The number of hydrogen-bond donors (Lipinski definition) is 1. The monoisotopic (exact) mass is 305 g/mol. The van der Waals surface area contributed by atoms with Gasteiger partial charge in [0, 0.05) is 32.3 Å². The zero-order valence-electron chi connectivity index (χ0n) is 5.00. The van der Waals surface area contributed by atoms with Gasteiger partial charge in [-0.25, -0.2) is 0 Å². The van der Waals surface area contributed by atoms with E-state index in [2.05, 4.69) is 21.4 Å². The average molecular weight is 304 g/mol. The molecular formula is C6H4N3Re-. The molecule has 1 radical (unpaired) electrons. The van der Waals surface area contributed by atoms with Crippen LogP contribution in [0, 0.1) is 6.20 Å². The van der Waals surface area contributed by atoms with Crippen molar-refractivity contribution in [3.63, 3.8) is 0 Å². The Labute approximate surface area is 71.5 Å². The Kier molecular flexibility index (Phi) is 2.15. The van der Waals surface area contributed by atoms with Gasteiger partial charge >= 0.3 is 0 Å². The van der Waals surface area contributed by atoms with Crippen LogP contribution in [0.1, 0.15) is 0 Å². The fourth-order valence-electron chi connectivity index (χ4n) is 0.726. The Balaban J connectivity index is 0.000000500. The summed E-state index contributed by atoms with van der Waals surface area (Å²) in [5.41, 5.74) is 0.789. The van der Waals surface area contributed by atoms with Crippen LogP contribution >= 0.6 is 0 Å².